The smallest absolute Gasteiger partial charge is 0.0656 e. The Balaban J connectivity index is 2.16. The van der Waals surface area contributed by atoms with Gasteiger partial charge >= 0.3 is 0 Å². The van der Waals surface area contributed by atoms with Gasteiger partial charge in [0.2, 0.25) is 0 Å². The van der Waals surface area contributed by atoms with Gasteiger partial charge in [-0.2, -0.15) is 0 Å². The lowest BCUT2D eigenvalue weighted by Crippen LogP contribution is -1.71. The number of rotatable bonds is 2. The predicted molar refractivity (Wildman–Crippen MR) is 52.5 cm³/mol. The molecule has 2 rings (SSSR count). The van der Waals surface area contributed by atoms with Crippen LogP contribution in [0.5, 0.6) is 0 Å². The summed E-state index contributed by atoms with van der Waals surface area (Å²) in [6.07, 6.45) is 4.41. The number of benzene rings is 1. The maximum absolute atomic E-state index is 3.79. The lowest BCUT2D eigenvalue weighted by atomic mass is 10.4. The van der Waals surface area contributed by atoms with Gasteiger partial charge in [-0.05, 0) is 24.3 Å². The van der Waals surface area contributed by atoms with Crippen molar-refractivity contribution in [1.29, 1.82) is 0 Å². The molecule has 0 radical (unpaired) electrons. The van der Waals surface area contributed by atoms with Crippen LogP contribution >= 0.6 is 11.8 Å². The Morgan fingerprint density at radius 3 is 2.62 bits per heavy atom. The summed E-state index contributed by atoms with van der Waals surface area (Å²) in [5.74, 6) is 0. The van der Waals surface area contributed by atoms with Gasteiger partial charge in [-0.1, -0.05) is 30.0 Å². The molecule has 0 spiro atoms. The number of hydrogen-bond donors (Lipinski definition) is 0. The summed E-state index contributed by atoms with van der Waals surface area (Å²) < 4.78 is 0. The maximum Gasteiger partial charge on any atom is 0.0656 e. The van der Waals surface area contributed by atoms with Crippen molar-refractivity contribution in [3.05, 3.63) is 54.9 Å². The highest BCUT2D eigenvalue weighted by Gasteiger charge is 1.93. The molecule has 0 aliphatic heterocycles. The highest BCUT2D eigenvalue weighted by Crippen LogP contribution is 2.24. The zero-order valence-electron chi connectivity index (χ0n) is 6.90. The van der Waals surface area contributed by atoms with Crippen LogP contribution < -0.4 is 0 Å². The van der Waals surface area contributed by atoms with E-state index in [2.05, 4.69) is 29.4 Å². The van der Waals surface area contributed by atoms with E-state index >= 15 is 0 Å². The quantitative estimate of drug-likeness (QED) is 0.713. The Morgan fingerprint density at radius 2 is 1.92 bits per heavy atom. The molecule has 0 atom stereocenters. The van der Waals surface area contributed by atoms with Crippen molar-refractivity contribution < 1.29 is 0 Å². The molecule has 1 aromatic carbocycles. The normalized spacial score (nSPS) is 9.23. The largest absolute Gasteiger partial charge is 0.206 e. The Labute approximate surface area is 81.8 Å². The van der Waals surface area contributed by atoms with Crippen molar-refractivity contribution in [2.24, 2.45) is 0 Å². The summed E-state index contributed by atoms with van der Waals surface area (Å²) >= 11 is 1.66. The Morgan fingerprint density at radius 1 is 1.08 bits per heavy atom. The maximum atomic E-state index is 3.79. The van der Waals surface area contributed by atoms with Crippen LogP contribution in [0.2, 0.25) is 0 Å². The van der Waals surface area contributed by atoms with Crippen LogP contribution in [-0.2, 0) is 0 Å². The molecule has 1 aromatic heterocycles. The summed E-state index contributed by atoms with van der Waals surface area (Å²) in [4.78, 5) is 6.04. The molecule has 0 fully saturated rings. The molecule has 0 aliphatic rings. The van der Waals surface area contributed by atoms with E-state index in [-0.39, 0.29) is 0 Å². The van der Waals surface area contributed by atoms with Crippen LogP contribution in [-0.4, -0.2) is 4.98 Å². The van der Waals surface area contributed by atoms with Crippen molar-refractivity contribution in [3.63, 3.8) is 0 Å². The fourth-order valence-electron chi connectivity index (χ4n) is 0.946. The van der Waals surface area contributed by atoms with Crippen molar-refractivity contribution in [2.45, 2.75) is 9.79 Å². The second kappa shape index (κ2) is 3.97. The minimum Gasteiger partial charge on any atom is -0.206 e. The Bertz CT molecular complexity index is 321. The van der Waals surface area contributed by atoms with Crippen molar-refractivity contribution in [1.82, 2.24) is 4.98 Å². The van der Waals surface area contributed by atoms with Crippen LogP contribution in [0.1, 0.15) is 0 Å². The van der Waals surface area contributed by atoms with Crippen LogP contribution in [0, 0.1) is 12.3 Å². The van der Waals surface area contributed by atoms with Gasteiger partial charge in [0.25, 0.3) is 0 Å². The summed E-state index contributed by atoms with van der Waals surface area (Å²) in [6.45, 7) is 0. The Hall–Kier alpha value is -1.46. The molecule has 1 heterocycles. The van der Waals surface area contributed by atoms with Gasteiger partial charge in [0.15, 0.2) is 0 Å². The minimum atomic E-state index is 1.04. The fourth-order valence-corrected chi connectivity index (χ4v) is 1.72. The van der Waals surface area contributed by atoms with E-state index in [4.69, 9.17) is 0 Å². The number of nitrogens with zero attached hydrogens (tertiary/aromatic N) is 1. The first-order chi connectivity index (χ1) is 6.45. The number of aromatic nitrogens is 1. The van der Waals surface area contributed by atoms with Crippen LogP contribution in [0.25, 0.3) is 0 Å². The van der Waals surface area contributed by atoms with E-state index in [9.17, 15) is 0 Å². The van der Waals surface area contributed by atoms with Gasteiger partial charge in [-0.15, -0.1) is 0 Å². The van der Waals surface area contributed by atoms with Gasteiger partial charge in [0.1, 0.15) is 0 Å². The van der Waals surface area contributed by atoms with E-state index in [1.54, 1.807) is 18.0 Å². The molecule has 0 N–H and O–H groups in total. The van der Waals surface area contributed by atoms with Gasteiger partial charge in [-0.3, -0.25) is 0 Å². The average Bonchev–Trinajstić information content (AvgIpc) is 2.21. The molecule has 2 aromatic rings. The predicted octanol–water partition coefficient (Wildman–Crippen LogP) is 2.83. The first kappa shape index (κ1) is 8.15. The molecule has 0 aliphatic carbocycles. The lowest BCUT2D eigenvalue weighted by Gasteiger charge is -1.96. The monoisotopic (exact) mass is 185 g/mol. The average molecular weight is 185 g/mol. The summed E-state index contributed by atoms with van der Waals surface area (Å²) in [6, 6.07) is 15.1. The first-order valence-electron chi connectivity index (χ1n) is 3.92. The van der Waals surface area contributed by atoms with Crippen LogP contribution in [0.3, 0.4) is 0 Å². The van der Waals surface area contributed by atoms with Crippen LogP contribution in [0.4, 0.5) is 0 Å². The molecule has 13 heavy (non-hydrogen) atoms. The first-order valence-corrected chi connectivity index (χ1v) is 4.74. The SMILES string of the molecule is c1nccc(Sc2ccccc2)c#1. The molecule has 1 nitrogen and oxygen atoms in total. The van der Waals surface area contributed by atoms with Crippen molar-refractivity contribution in [2.75, 3.05) is 0 Å². The second-order valence-electron chi connectivity index (χ2n) is 2.46. The summed E-state index contributed by atoms with van der Waals surface area (Å²) in [5.41, 5.74) is 0. The topological polar surface area (TPSA) is 12.9 Å². The van der Waals surface area contributed by atoms with Gasteiger partial charge in [0.05, 0.1) is 4.90 Å². The van der Waals surface area contributed by atoms with E-state index < -0.39 is 0 Å². The molecule has 2 heteroatoms. The molecule has 0 bridgehead atoms. The molecule has 62 valence electrons. The van der Waals surface area contributed by atoms with E-state index in [0.717, 1.165) is 4.90 Å². The molecular weight excluding hydrogens is 178 g/mol. The minimum absolute atomic E-state index is 1.04. The van der Waals surface area contributed by atoms with Crippen molar-refractivity contribution in [3.8, 4) is 0 Å². The zero-order chi connectivity index (χ0) is 8.93. The summed E-state index contributed by atoms with van der Waals surface area (Å²) in [5, 5.41) is 0. The van der Waals surface area contributed by atoms with Crippen molar-refractivity contribution >= 4 is 11.8 Å². The van der Waals surface area contributed by atoms with E-state index in [1.807, 2.05) is 24.3 Å². The number of hydrogen-bond acceptors (Lipinski definition) is 2. The molecule has 0 unspecified atom stereocenters. The highest BCUT2D eigenvalue weighted by atomic mass is 32.2. The van der Waals surface area contributed by atoms with Crippen LogP contribution in [0.15, 0.2) is 52.4 Å². The lowest BCUT2D eigenvalue weighted by molar-refractivity contribution is 1.28. The fraction of sp³-hybridized carbons (Fsp3) is 0. The molecular formula is C11H7NS. The summed E-state index contributed by atoms with van der Waals surface area (Å²) in [7, 11) is 0. The zero-order valence-corrected chi connectivity index (χ0v) is 7.71. The molecule has 0 saturated carbocycles. The third-order valence-electron chi connectivity index (χ3n) is 1.52. The van der Waals surface area contributed by atoms with E-state index in [1.165, 1.54) is 4.90 Å². The van der Waals surface area contributed by atoms with Gasteiger partial charge in [-0.25, -0.2) is 4.98 Å². The second-order valence-corrected chi connectivity index (χ2v) is 3.58. The van der Waals surface area contributed by atoms with Gasteiger partial charge < -0.3 is 0 Å². The standard InChI is InChI=1S/C11H7NS/c1-2-4-10(5-3-1)13-11-6-8-12-9-7-11/h1-6,8H. The van der Waals surface area contributed by atoms with Gasteiger partial charge in [0, 0.05) is 17.3 Å². The Kier molecular flexibility index (Phi) is 2.49. The van der Waals surface area contributed by atoms with E-state index in [0.29, 0.717) is 0 Å². The third-order valence-corrected chi connectivity index (χ3v) is 2.48. The molecule has 0 amide bonds. The highest BCUT2D eigenvalue weighted by molar-refractivity contribution is 7.99. The molecule has 0 saturated heterocycles. The third kappa shape index (κ3) is 2.24.